The number of esters is 4. The van der Waals surface area contributed by atoms with Crippen LogP contribution in [-0.2, 0) is 65.4 Å². The van der Waals surface area contributed by atoms with Gasteiger partial charge in [0.2, 0.25) is 0 Å². The van der Waals surface area contributed by atoms with E-state index in [0.717, 1.165) is 102 Å². The lowest BCUT2D eigenvalue weighted by molar-refractivity contribution is -0.161. The Morgan fingerprint density at radius 3 is 0.800 bits per heavy atom. The summed E-state index contributed by atoms with van der Waals surface area (Å²) in [5.74, 6) is -0.602. The molecule has 0 aromatic rings. The van der Waals surface area contributed by atoms with E-state index >= 15 is 0 Å². The molecule has 0 rings (SSSR count). The highest BCUT2D eigenvalue weighted by molar-refractivity contribution is 7.47. The van der Waals surface area contributed by atoms with Crippen LogP contribution >= 0.6 is 15.6 Å². The average molecular weight is 1400 g/mol. The van der Waals surface area contributed by atoms with Crippen molar-refractivity contribution in [2.24, 2.45) is 11.8 Å². The van der Waals surface area contributed by atoms with E-state index in [4.69, 9.17) is 37.0 Å². The van der Waals surface area contributed by atoms with Gasteiger partial charge in [-0.2, -0.15) is 0 Å². The number of hydrogen-bond acceptors (Lipinski definition) is 15. The zero-order valence-electron chi connectivity index (χ0n) is 62.0. The molecule has 95 heavy (non-hydrogen) atoms. The Kier molecular flexibility index (Phi) is 66.5. The molecule has 0 aliphatic rings. The number of carbonyl (C=O) groups is 4. The lowest BCUT2D eigenvalue weighted by Crippen LogP contribution is -2.30. The Balaban J connectivity index is 5.21. The van der Waals surface area contributed by atoms with Crippen molar-refractivity contribution >= 4 is 39.5 Å². The van der Waals surface area contributed by atoms with E-state index in [1.54, 1.807) is 0 Å². The molecule has 0 aromatic carbocycles. The third-order valence-electron chi connectivity index (χ3n) is 18.1. The smallest absolute Gasteiger partial charge is 0.462 e. The van der Waals surface area contributed by atoms with Gasteiger partial charge in [0.1, 0.15) is 19.3 Å². The van der Waals surface area contributed by atoms with Crippen molar-refractivity contribution in [2.75, 3.05) is 39.6 Å². The molecular formula is C76H148O17P2. The van der Waals surface area contributed by atoms with Crippen LogP contribution in [0.1, 0.15) is 395 Å². The Labute approximate surface area is 581 Å². The van der Waals surface area contributed by atoms with Gasteiger partial charge in [-0.3, -0.25) is 37.3 Å². The van der Waals surface area contributed by atoms with E-state index in [1.165, 1.54) is 205 Å². The molecule has 0 fully saturated rings. The second kappa shape index (κ2) is 67.9. The summed E-state index contributed by atoms with van der Waals surface area (Å²) in [6.45, 7) is 9.56. The van der Waals surface area contributed by atoms with Crippen LogP contribution in [-0.4, -0.2) is 96.7 Å². The number of carbonyl (C=O) groups excluding carboxylic acids is 4. The van der Waals surface area contributed by atoms with Gasteiger partial charge in [-0.1, -0.05) is 343 Å². The third kappa shape index (κ3) is 69.0. The summed E-state index contributed by atoms with van der Waals surface area (Å²) in [5.41, 5.74) is 0. The predicted octanol–water partition coefficient (Wildman–Crippen LogP) is 22.3. The topological polar surface area (TPSA) is 237 Å². The first-order valence-corrected chi connectivity index (χ1v) is 42.5. The van der Waals surface area contributed by atoms with Gasteiger partial charge >= 0.3 is 39.5 Å². The van der Waals surface area contributed by atoms with Gasteiger partial charge < -0.3 is 33.8 Å². The highest BCUT2D eigenvalue weighted by atomic mass is 31.2. The molecule has 6 atom stereocenters. The summed E-state index contributed by atoms with van der Waals surface area (Å²) in [6, 6.07) is 0. The van der Waals surface area contributed by atoms with E-state index in [0.29, 0.717) is 31.6 Å². The fraction of sp³-hybridized carbons (Fsp3) is 0.947. The van der Waals surface area contributed by atoms with Crippen LogP contribution in [0.2, 0.25) is 0 Å². The third-order valence-corrected chi connectivity index (χ3v) is 20.0. The van der Waals surface area contributed by atoms with E-state index in [1.807, 2.05) is 0 Å². The van der Waals surface area contributed by atoms with Crippen LogP contribution in [0.5, 0.6) is 0 Å². The van der Waals surface area contributed by atoms with Crippen molar-refractivity contribution < 1.29 is 80.2 Å². The Morgan fingerprint density at radius 2 is 0.537 bits per heavy atom. The van der Waals surface area contributed by atoms with Gasteiger partial charge in [0, 0.05) is 25.7 Å². The van der Waals surface area contributed by atoms with Gasteiger partial charge in [-0.15, -0.1) is 0 Å². The lowest BCUT2D eigenvalue weighted by atomic mass is 9.99. The highest BCUT2D eigenvalue weighted by Gasteiger charge is 2.30. The van der Waals surface area contributed by atoms with Crippen molar-refractivity contribution in [2.45, 2.75) is 413 Å². The summed E-state index contributed by atoms with van der Waals surface area (Å²) >= 11 is 0. The molecule has 0 spiro atoms. The summed E-state index contributed by atoms with van der Waals surface area (Å²) < 4.78 is 68.5. The summed E-state index contributed by atoms with van der Waals surface area (Å²) in [5, 5.41) is 10.6. The van der Waals surface area contributed by atoms with Crippen molar-refractivity contribution in [1.29, 1.82) is 0 Å². The zero-order chi connectivity index (χ0) is 70.0. The number of hydrogen-bond donors (Lipinski definition) is 3. The number of ether oxygens (including phenoxy) is 4. The van der Waals surface area contributed by atoms with E-state index in [2.05, 4.69) is 41.5 Å². The first-order valence-electron chi connectivity index (χ1n) is 39.5. The minimum Gasteiger partial charge on any atom is -0.462 e. The van der Waals surface area contributed by atoms with Gasteiger partial charge in [-0.05, 0) is 37.5 Å². The first kappa shape index (κ1) is 93.1. The molecule has 0 aliphatic heterocycles. The maximum atomic E-state index is 13.1. The predicted molar refractivity (Wildman–Crippen MR) is 386 cm³/mol. The van der Waals surface area contributed by atoms with Gasteiger partial charge in [0.15, 0.2) is 12.2 Å². The number of phosphoric ester groups is 2. The van der Waals surface area contributed by atoms with E-state index < -0.39 is 97.5 Å². The monoisotopic (exact) mass is 1400 g/mol. The number of phosphoric acid groups is 2. The normalized spacial score (nSPS) is 14.3. The fourth-order valence-corrected chi connectivity index (χ4v) is 13.2. The SMILES string of the molecule is CCCCCCCCCCCCCCCCCCCCCCC(=O)O[C@H](COC(=O)CCCCCCCCCCCCC(C)CC)COP(=O)(O)OC[C@@H](O)COP(=O)(O)OC[C@@H](COC(=O)CCCCCCCCCC(C)C)OC(=O)CCCCCCCCCCCCC. The van der Waals surface area contributed by atoms with Gasteiger partial charge in [0.25, 0.3) is 0 Å². The Hall–Kier alpha value is -1.94. The summed E-state index contributed by atoms with van der Waals surface area (Å²) in [7, 11) is -9.91. The van der Waals surface area contributed by atoms with Crippen molar-refractivity contribution in [3.8, 4) is 0 Å². The molecule has 0 saturated carbocycles. The molecule has 0 aromatic heterocycles. The minimum absolute atomic E-state index is 0.106. The number of rotatable bonds is 75. The van der Waals surface area contributed by atoms with Crippen LogP contribution in [0.25, 0.3) is 0 Å². The minimum atomic E-state index is -4.96. The molecule has 0 saturated heterocycles. The summed E-state index contributed by atoms with van der Waals surface area (Å²) in [4.78, 5) is 72.8. The van der Waals surface area contributed by atoms with Crippen molar-refractivity contribution in [3.63, 3.8) is 0 Å². The maximum absolute atomic E-state index is 13.1. The summed E-state index contributed by atoms with van der Waals surface area (Å²) in [6.07, 6.45) is 55.5. The number of aliphatic hydroxyl groups is 1. The van der Waals surface area contributed by atoms with Crippen molar-refractivity contribution in [3.05, 3.63) is 0 Å². The molecular weight excluding hydrogens is 1250 g/mol. The zero-order valence-corrected chi connectivity index (χ0v) is 63.8. The number of unbranched alkanes of at least 4 members (excludes halogenated alkanes) is 44. The molecule has 0 heterocycles. The molecule has 0 amide bonds. The maximum Gasteiger partial charge on any atom is 0.472 e. The van der Waals surface area contributed by atoms with E-state index in [9.17, 15) is 43.2 Å². The molecule has 17 nitrogen and oxygen atoms in total. The molecule has 0 bridgehead atoms. The van der Waals surface area contributed by atoms with Crippen LogP contribution in [0.3, 0.4) is 0 Å². The molecule has 19 heteroatoms. The molecule has 0 radical (unpaired) electrons. The fourth-order valence-electron chi connectivity index (χ4n) is 11.6. The Bertz CT molecular complexity index is 1840. The molecule has 3 unspecified atom stereocenters. The highest BCUT2D eigenvalue weighted by Crippen LogP contribution is 2.45. The molecule has 0 aliphatic carbocycles. The van der Waals surface area contributed by atoms with Crippen LogP contribution in [0.4, 0.5) is 0 Å². The van der Waals surface area contributed by atoms with Gasteiger partial charge in [0.05, 0.1) is 26.4 Å². The van der Waals surface area contributed by atoms with Gasteiger partial charge in [-0.25, -0.2) is 9.13 Å². The number of aliphatic hydroxyl groups excluding tert-OH is 1. The molecule has 564 valence electrons. The van der Waals surface area contributed by atoms with Crippen LogP contribution in [0.15, 0.2) is 0 Å². The van der Waals surface area contributed by atoms with Crippen molar-refractivity contribution in [1.82, 2.24) is 0 Å². The second-order valence-corrected chi connectivity index (χ2v) is 31.0. The Morgan fingerprint density at radius 1 is 0.305 bits per heavy atom. The first-order chi connectivity index (χ1) is 45.9. The average Bonchev–Trinajstić information content (AvgIpc) is 2.27. The van der Waals surface area contributed by atoms with E-state index in [-0.39, 0.29) is 25.7 Å². The lowest BCUT2D eigenvalue weighted by Gasteiger charge is -2.21. The standard InChI is InChI=1S/C76H148O17P2/c1-7-10-12-14-16-18-20-21-22-23-24-25-26-27-28-30-36-42-49-55-61-76(81)92-71(64-86-73(78)58-52-46-40-34-32-31-33-39-45-51-57-69(6)9-3)66-90-94(82,83)88-62-70(77)63-89-95(84,85)91-67-72(65-87-74(79)59-53-47-43-37-38-44-50-56-68(4)5)93-75(80)60-54-48-41-35-29-19-17-15-13-11-8-2/h68-72,77H,7-67H2,1-6H3,(H,82,83)(H,84,85)/t69?,70-,71-,72-/m1/s1. The second-order valence-electron chi connectivity index (χ2n) is 28.1. The van der Waals surface area contributed by atoms with Crippen LogP contribution < -0.4 is 0 Å². The molecule has 3 N–H and O–H groups in total. The van der Waals surface area contributed by atoms with Crippen LogP contribution in [0, 0.1) is 11.8 Å². The quantitative estimate of drug-likeness (QED) is 0.0222. The largest absolute Gasteiger partial charge is 0.472 e.